The number of hydrogen-bond acceptors (Lipinski definition) is 1. The zero-order valence-corrected chi connectivity index (χ0v) is 10.4. The highest BCUT2D eigenvalue weighted by atomic mass is 16.5. The number of ether oxygens (including phenoxy) is 1. The van der Waals surface area contributed by atoms with Crippen molar-refractivity contribution in [1.82, 2.24) is 0 Å². The first-order valence-corrected chi connectivity index (χ1v) is 6.46. The van der Waals surface area contributed by atoms with E-state index >= 15 is 0 Å². The van der Waals surface area contributed by atoms with Gasteiger partial charge in [0.1, 0.15) is 0 Å². The molecule has 0 saturated heterocycles. The van der Waals surface area contributed by atoms with Gasteiger partial charge in [-0.3, -0.25) is 0 Å². The molecular formula is C15H22O. The van der Waals surface area contributed by atoms with Gasteiger partial charge in [-0.2, -0.15) is 0 Å². The van der Waals surface area contributed by atoms with Gasteiger partial charge in [-0.15, -0.1) is 0 Å². The standard InChI is InChI=1S/C15H22O/c1-3-4-5-12-6-8-13(9-7-12)15(16-2)14-10-11-14/h6-9,14-15H,3-5,10-11H2,1-2H3. The monoisotopic (exact) mass is 218 g/mol. The number of methoxy groups -OCH3 is 1. The first-order valence-electron chi connectivity index (χ1n) is 6.46. The Kier molecular flexibility index (Phi) is 4.00. The molecule has 1 saturated carbocycles. The van der Waals surface area contributed by atoms with Crippen LogP contribution in [-0.2, 0) is 11.2 Å². The van der Waals surface area contributed by atoms with Crippen LogP contribution in [0.1, 0.15) is 49.8 Å². The van der Waals surface area contributed by atoms with Crippen molar-refractivity contribution < 1.29 is 4.74 Å². The summed E-state index contributed by atoms with van der Waals surface area (Å²) in [5.41, 5.74) is 2.81. The van der Waals surface area contributed by atoms with Crippen molar-refractivity contribution in [2.75, 3.05) is 7.11 Å². The Bertz CT molecular complexity index is 311. The first-order chi connectivity index (χ1) is 7.85. The Balaban J connectivity index is 1.99. The molecule has 0 heterocycles. The van der Waals surface area contributed by atoms with E-state index in [1.807, 2.05) is 7.11 Å². The van der Waals surface area contributed by atoms with E-state index in [-0.39, 0.29) is 0 Å². The van der Waals surface area contributed by atoms with E-state index in [0.29, 0.717) is 6.10 Å². The van der Waals surface area contributed by atoms with E-state index in [2.05, 4.69) is 31.2 Å². The largest absolute Gasteiger partial charge is 0.376 e. The van der Waals surface area contributed by atoms with Crippen molar-refractivity contribution in [3.63, 3.8) is 0 Å². The predicted molar refractivity (Wildman–Crippen MR) is 67.5 cm³/mol. The summed E-state index contributed by atoms with van der Waals surface area (Å²) in [4.78, 5) is 0. The highest BCUT2D eigenvalue weighted by molar-refractivity contribution is 5.25. The van der Waals surface area contributed by atoms with Crippen LogP contribution in [0.25, 0.3) is 0 Å². The fraction of sp³-hybridized carbons (Fsp3) is 0.600. The van der Waals surface area contributed by atoms with E-state index < -0.39 is 0 Å². The Morgan fingerprint density at radius 3 is 2.44 bits per heavy atom. The molecule has 0 radical (unpaired) electrons. The van der Waals surface area contributed by atoms with Crippen molar-refractivity contribution >= 4 is 0 Å². The predicted octanol–water partition coefficient (Wildman–Crippen LogP) is 4.13. The number of rotatable bonds is 6. The van der Waals surface area contributed by atoms with Crippen LogP contribution in [0.4, 0.5) is 0 Å². The molecule has 1 aliphatic rings. The van der Waals surface area contributed by atoms with Crippen LogP contribution in [0.5, 0.6) is 0 Å². The minimum atomic E-state index is 0.334. The summed E-state index contributed by atoms with van der Waals surface area (Å²) in [6, 6.07) is 9.02. The summed E-state index contributed by atoms with van der Waals surface area (Å²) < 4.78 is 5.58. The highest BCUT2D eigenvalue weighted by Crippen LogP contribution is 2.42. The number of unbranched alkanes of at least 4 members (excludes halogenated alkanes) is 1. The van der Waals surface area contributed by atoms with Gasteiger partial charge in [0.05, 0.1) is 6.10 Å². The molecular weight excluding hydrogens is 196 g/mol. The molecule has 2 rings (SSSR count). The summed E-state index contributed by atoms with van der Waals surface area (Å²) in [6.45, 7) is 2.24. The zero-order valence-electron chi connectivity index (χ0n) is 10.4. The SMILES string of the molecule is CCCCc1ccc(C(OC)C2CC2)cc1. The van der Waals surface area contributed by atoms with Gasteiger partial charge in [-0.05, 0) is 42.7 Å². The summed E-state index contributed by atoms with van der Waals surface area (Å²) in [7, 11) is 1.83. The molecule has 1 aromatic rings. The van der Waals surface area contributed by atoms with Crippen LogP contribution >= 0.6 is 0 Å². The number of benzene rings is 1. The molecule has 16 heavy (non-hydrogen) atoms. The van der Waals surface area contributed by atoms with Gasteiger partial charge in [-0.25, -0.2) is 0 Å². The van der Waals surface area contributed by atoms with Crippen molar-refractivity contribution in [1.29, 1.82) is 0 Å². The lowest BCUT2D eigenvalue weighted by Crippen LogP contribution is -2.03. The van der Waals surface area contributed by atoms with Gasteiger partial charge in [0.15, 0.2) is 0 Å². The fourth-order valence-corrected chi connectivity index (χ4v) is 2.25. The van der Waals surface area contributed by atoms with Crippen molar-refractivity contribution in [2.45, 2.75) is 45.1 Å². The topological polar surface area (TPSA) is 9.23 Å². The fourth-order valence-electron chi connectivity index (χ4n) is 2.25. The van der Waals surface area contributed by atoms with Gasteiger partial charge >= 0.3 is 0 Å². The van der Waals surface area contributed by atoms with Gasteiger partial charge in [0, 0.05) is 7.11 Å². The maximum Gasteiger partial charge on any atom is 0.0849 e. The Morgan fingerprint density at radius 2 is 1.94 bits per heavy atom. The maximum atomic E-state index is 5.58. The normalized spacial score (nSPS) is 17.4. The molecule has 1 atom stereocenters. The van der Waals surface area contributed by atoms with Gasteiger partial charge < -0.3 is 4.74 Å². The molecule has 1 nitrogen and oxygen atoms in total. The first kappa shape index (κ1) is 11.7. The van der Waals surface area contributed by atoms with Gasteiger partial charge in [-0.1, -0.05) is 37.6 Å². The number of hydrogen-bond donors (Lipinski definition) is 0. The summed E-state index contributed by atoms with van der Waals surface area (Å²) in [5, 5.41) is 0. The van der Waals surface area contributed by atoms with Gasteiger partial charge in [0.25, 0.3) is 0 Å². The van der Waals surface area contributed by atoms with E-state index in [0.717, 1.165) is 5.92 Å². The van der Waals surface area contributed by atoms with Crippen LogP contribution in [-0.4, -0.2) is 7.11 Å². The second kappa shape index (κ2) is 5.49. The Hall–Kier alpha value is -0.820. The third kappa shape index (κ3) is 2.85. The Labute approximate surface area is 98.8 Å². The average molecular weight is 218 g/mol. The molecule has 0 aliphatic heterocycles. The average Bonchev–Trinajstić information content (AvgIpc) is 3.13. The van der Waals surface area contributed by atoms with E-state index in [1.165, 1.54) is 43.2 Å². The van der Waals surface area contributed by atoms with E-state index in [4.69, 9.17) is 4.74 Å². The molecule has 0 amide bonds. The molecule has 1 unspecified atom stereocenters. The molecule has 0 spiro atoms. The molecule has 0 aromatic heterocycles. The lowest BCUT2D eigenvalue weighted by atomic mass is 10.0. The maximum absolute atomic E-state index is 5.58. The summed E-state index contributed by atoms with van der Waals surface area (Å²) >= 11 is 0. The second-order valence-electron chi connectivity index (χ2n) is 4.84. The van der Waals surface area contributed by atoms with Crippen LogP contribution in [0, 0.1) is 5.92 Å². The molecule has 1 fully saturated rings. The molecule has 1 aliphatic carbocycles. The number of aryl methyl sites for hydroxylation is 1. The molecule has 1 aromatic carbocycles. The van der Waals surface area contributed by atoms with Crippen LogP contribution < -0.4 is 0 Å². The molecule has 0 N–H and O–H groups in total. The lowest BCUT2D eigenvalue weighted by Gasteiger charge is -2.15. The zero-order chi connectivity index (χ0) is 11.4. The lowest BCUT2D eigenvalue weighted by molar-refractivity contribution is 0.0846. The van der Waals surface area contributed by atoms with E-state index in [1.54, 1.807) is 0 Å². The van der Waals surface area contributed by atoms with Crippen molar-refractivity contribution in [2.24, 2.45) is 5.92 Å². The quantitative estimate of drug-likeness (QED) is 0.697. The highest BCUT2D eigenvalue weighted by Gasteiger charge is 2.32. The third-order valence-corrected chi connectivity index (χ3v) is 3.43. The minimum Gasteiger partial charge on any atom is -0.376 e. The van der Waals surface area contributed by atoms with Gasteiger partial charge in [0.2, 0.25) is 0 Å². The third-order valence-electron chi connectivity index (χ3n) is 3.43. The molecule has 0 bridgehead atoms. The van der Waals surface area contributed by atoms with Crippen molar-refractivity contribution in [3.8, 4) is 0 Å². The molecule has 88 valence electrons. The Morgan fingerprint density at radius 1 is 1.25 bits per heavy atom. The van der Waals surface area contributed by atoms with E-state index in [9.17, 15) is 0 Å². The van der Waals surface area contributed by atoms with Crippen LogP contribution in [0.2, 0.25) is 0 Å². The minimum absolute atomic E-state index is 0.334. The van der Waals surface area contributed by atoms with Crippen LogP contribution in [0.15, 0.2) is 24.3 Å². The van der Waals surface area contributed by atoms with Crippen molar-refractivity contribution in [3.05, 3.63) is 35.4 Å². The summed E-state index contributed by atoms with van der Waals surface area (Å²) in [6.07, 6.45) is 6.75. The smallest absolute Gasteiger partial charge is 0.0849 e. The second-order valence-corrected chi connectivity index (χ2v) is 4.84. The van der Waals surface area contributed by atoms with Crippen LogP contribution in [0.3, 0.4) is 0 Å². The molecule has 1 heteroatoms. The summed E-state index contributed by atoms with van der Waals surface area (Å²) in [5.74, 6) is 0.770.